The molecule has 2 aromatic rings. The van der Waals surface area contributed by atoms with Gasteiger partial charge in [0.25, 0.3) is 0 Å². The second kappa shape index (κ2) is 4.46. The molecule has 4 nitrogen and oxygen atoms in total. The van der Waals surface area contributed by atoms with Gasteiger partial charge in [-0.3, -0.25) is 0 Å². The lowest BCUT2D eigenvalue weighted by Gasteiger charge is -2.30. The van der Waals surface area contributed by atoms with Crippen molar-refractivity contribution in [3.8, 4) is 17.0 Å². The van der Waals surface area contributed by atoms with Gasteiger partial charge in [0.15, 0.2) is 0 Å². The number of H-pyrrole nitrogens is 1. The molecule has 94 valence electrons. The number of benzene rings is 1. The summed E-state index contributed by atoms with van der Waals surface area (Å²) in [5.74, 6) is 2.41. The second-order valence-corrected chi connectivity index (χ2v) is 4.84. The highest BCUT2D eigenvalue weighted by atomic mass is 16.5. The highest BCUT2D eigenvalue weighted by Crippen LogP contribution is 2.35. The first-order chi connectivity index (χ1) is 8.76. The first kappa shape index (κ1) is 11.3. The third-order valence-corrected chi connectivity index (χ3v) is 3.54. The van der Waals surface area contributed by atoms with E-state index in [-0.39, 0.29) is 0 Å². The quantitative estimate of drug-likeness (QED) is 0.869. The van der Waals surface area contributed by atoms with Gasteiger partial charge in [0.05, 0.1) is 19.0 Å². The largest absolute Gasteiger partial charge is 0.497 e. The van der Waals surface area contributed by atoms with Crippen molar-refractivity contribution in [2.45, 2.75) is 24.8 Å². The van der Waals surface area contributed by atoms with Crippen LogP contribution in [0.3, 0.4) is 0 Å². The van der Waals surface area contributed by atoms with Gasteiger partial charge in [0.1, 0.15) is 11.6 Å². The first-order valence-corrected chi connectivity index (χ1v) is 6.21. The maximum Gasteiger partial charge on any atom is 0.119 e. The van der Waals surface area contributed by atoms with Gasteiger partial charge >= 0.3 is 0 Å². The minimum Gasteiger partial charge on any atom is -0.497 e. The zero-order chi connectivity index (χ0) is 12.5. The molecular weight excluding hydrogens is 226 g/mol. The first-order valence-electron chi connectivity index (χ1n) is 6.21. The molecule has 0 atom stereocenters. The molecule has 0 amide bonds. The van der Waals surface area contributed by atoms with Gasteiger partial charge < -0.3 is 15.5 Å². The Labute approximate surface area is 106 Å². The van der Waals surface area contributed by atoms with Crippen LogP contribution >= 0.6 is 0 Å². The predicted molar refractivity (Wildman–Crippen MR) is 70.5 cm³/mol. The Morgan fingerprint density at radius 3 is 2.94 bits per heavy atom. The van der Waals surface area contributed by atoms with Gasteiger partial charge in [-0.05, 0) is 25.0 Å². The smallest absolute Gasteiger partial charge is 0.119 e. The molecule has 1 aromatic heterocycles. The Kier molecular flexibility index (Phi) is 2.80. The number of nitrogens with two attached hydrogens (primary N) is 1. The number of nitrogens with zero attached hydrogens (tertiary/aromatic N) is 1. The maximum absolute atomic E-state index is 5.80. The van der Waals surface area contributed by atoms with Crippen molar-refractivity contribution in [1.82, 2.24) is 9.97 Å². The zero-order valence-electron chi connectivity index (χ0n) is 10.4. The molecule has 0 radical (unpaired) electrons. The lowest BCUT2D eigenvalue weighted by molar-refractivity contribution is 0.340. The summed E-state index contributed by atoms with van der Waals surface area (Å²) < 4.78 is 5.23. The fourth-order valence-electron chi connectivity index (χ4n) is 2.37. The van der Waals surface area contributed by atoms with Gasteiger partial charge in [0.2, 0.25) is 0 Å². The van der Waals surface area contributed by atoms with Gasteiger partial charge in [-0.2, -0.15) is 0 Å². The van der Waals surface area contributed by atoms with Crippen LogP contribution in [0, 0.1) is 0 Å². The molecule has 0 bridgehead atoms. The molecule has 3 N–H and O–H groups in total. The molecule has 1 heterocycles. The van der Waals surface area contributed by atoms with Crippen molar-refractivity contribution in [2.75, 3.05) is 7.11 Å². The Morgan fingerprint density at radius 2 is 2.22 bits per heavy atom. The summed E-state index contributed by atoms with van der Waals surface area (Å²) >= 11 is 0. The van der Waals surface area contributed by atoms with E-state index < -0.39 is 0 Å². The minimum atomic E-state index is 0.348. The van der Waals surface area contributed by atoms with Crippen LogP contribution in [0.5, 0.6) is 5.75 Å². The highest BCUT2D eigenvalue weighted by Gasteiger charge is 2.29. The molecule has 1 aromatic carbocycles. The summed E-state index contributed by atoms with van der Waals surface area (Å²) in [5.41, 5.74) is 7.93. The number of aromatic nitrogens is 2. The molecule has 0 saturated heterocycles. The molecule has 1 aliphatic rings. The summed E-state index contributed by atoms with van der Waals surface area (Å²) in [6.45, 7) is 0. The van der Waals surface area contributed by atoms with Crippen LogP contribution in [0.4, 0.5) is 0 Å². The average molecular weight is 243 g/mol. The molecule has 0 unspecified atom stereocenters. The number of hydrogen-bond acceptors (Lipinski definition) is 3. The lowest BCUT2D eigenvalue weighted by atomic mass is 9.80. The molecule has 1 fully saturated rings. The summed E-state index contributed by atoms with van der Waals surface area (Å²) in [4.78, 5) is 7.83. The van der Waals surface area contributed by atoms with Crippen molar-refractivity contribution in [1.29, 1.82) is 0 Å². The van der Waals surface area contributed by atoms with Gasteiger partial charge in [-0.15, -0.1) is 0 Å². The Morgan fingerprint density at radius 1 is 1.39 bits per heavy atom. The number of methoxy groups -OCH3 is 1. The van der Waals surface area contributed by atoms with E-state index in [0.29, 0.717) is 12.0 Å². The SMILES string of the molecule is COc1cccc(-c2cnc(C3CC(N)C3)[nH]2)c1. The van der Waals surface area contributed by atoms with Crippen molar-refractivity contribution >= 4 is 0 Å². The van der Waals surface area contributed by atoms with E-state index in [0.717, 1.165) is 35.7 Å². The lowest BCUT2D eigenvalue weighted by Crippen LogP contribution is -2.35. The monoisotopic (exact) mass is 243 g/mol. The Balaban J connectivity index is 1.83. The molecule has 1 saturated carbocycles. The molecule has 1 aliphatic carbocycles. The highest BCUT2D eigenvalue weighted by molar-refractivity contribution is 5.60. The molecular formula is C14H17N3O. The van der Waals surface area contributed by atoms with Gasteiger partial charge in [-0.1, -0.05) is 12.1 Å². The van der Waals surface area contributed by atoms with E-state index >= 15 is 0 Å². The molecule has 0 aliphatic heterocycles. The second-order valence-electron chi connectivity index (χ2n) is 4.84. The predicted octanol–water partition coefficient (Wildman–Crippen LogP) is 2.29. The van der Waals surface area contributed by atoms with Gasteiger partial charge in [0, 0.05) is 17.5 Å². The Bertz CT molecular complexity index is 543. The third-order valence-electron chi connectivity index (χ3n) is 3.54. The average Bonchev–Trinajstić information content (AvgIpc) is 2.84. The van der Waals surface area contributed by atoms with Crippen LogP contribution in [0.2, 0.25) is 0 Å². The summed E-state index contributed by atoms with van der Waals surface area (Å²) in [6.07, 6.45) is 3.95. The normalized spacial score (nSPS) is 22.6. The van der Waals surface area contributed by atoms with Crippen molar-refractivity contribution in [3.05, 3.63) is 36.3 Å². The molecule has 3 rings (SSSR count). The van der Waals surface area contributed by atoms with E-state index in [1.807, 2.05) is 30.5 Å². The molecule has 4 heteroatoms. The van der Waals surface area contributed by atoms with Crippen LogP contribution in [-0.2, 0) is 0 Å². The molecule has 18 heavy (non-hydrogen) atoms. The van der Waals surface area contributed by atoms with Crippen molar-refractivity contribution in [2.24, 2.45) is 5.73 Å². The number of hydrogen-bond donors (Lipinski definition) is 2. The van der Waals surface area contributed by atoms with Gasteiger partial charge in [-0.25, -0.2) is 4.98 Å². The van der Waals surface area contributed by atoms with Crippen LogP contribution in [-0.4, -0.2) is 23.1 Å². The van der Waals surface area contributed by atoms with E-state index in [9.17, 15) is 0 Å². The number of rotatable bonds is 3. The maximum atomic E-state index is 5.80. The fraction of sp³-hybridized carbons (Fsp3) is 0.357. The van der Waals surface area contributed by atoms with E-state index in [2.05, 4.69) is 9.97 Å². The van der Waals surface area contributed by atoms with Crippen molar-refractivity contribution in [3.63, 3.8) is 0 Å². The van der Waals surface area contributed by atoms with E-state index in [1.165, 1.54) is 0 Å². The third kappa shape index (κ3) is 1.99. The zero-order valence-corrected chi connectivity index (χ0v) is 10.4. The molecule has 0 spiro atoms. The Hall–Kier alpha value is -1.81. The van der Waals surface area contributed by atoms with Crippen LogP contribution < -0.4 is 10.5 Å². The number of ether oxygens (including phenoxy) is 1. The van der Waals surface area contributed by atoms with Crippen LogP contribution in [0.1, 0.15) is 24.6 Å². The topological polar surface area (TPSA) is 63.9 Å². The van der Waals surface area contributed by atoms with E-state index in [4.69, 9.17) is 10.5 Å². The number of imidazole rings is 1. The number of aromatic amines is 1. The summed E-state index contributed by atoms with van der Waals surface area (Å²) in [5, 5.41) is 0. The van der Waals surface area contributed by atoms with Crippen LogP contribution in [0.25, 0.3) is 11.3 Å². The van der Waals surface area contributed by atoms with E-state index in [1.54, 1.807) is 7.11 Å². The van der Waals surface area contributed by atoms with Crippen molar-refractivity contribution < 1.29 is 4.74 Å². The summed E-state index contributed by atoms with van der Waals surface area (Å²) in [6, 6.07) is 8.32. The van der Waals surface area contributed by atoms with Crippen LogP contribution in [0.15, 0.2) is 30.5 Å². The standard InChI is InChI=1S/C14H17N3O/c1-18-12-4-2-3-9(7-12)13-8-16-14(17-13)10-5-11(15)6-10/h2-4,7-8,10-11H,5-6,15H2,1H3,(H,16,17). The number of nitrogens with one attached hydrogen (secondary N) is 1. The summed E-state index contributed by atoms with van der Waals surface area (Å²) in [7, 11) is 1.67. The fourth-order valence-corrected chi connectivity index (χ4v) is 2.37. The minimum absolute atomic E-state index is 0.348.